The van der Waals surface area contributed by atoms with E-state index in [2.05, 4.69) is 24.0 Å². The molecule has 2 heteroatoms. The van der Waals surface area contributed by atoms with Crippen LogP contribution in [0.2, 0.25) is 0 Å². The van der Waals surface area contributed by atoms with Crippen molar-refractivity contribution in [3.05, 3.63) is 66.2 Å². The summed E-state index contributed by atoms with van der Waals surface area (Å²) in [5.41, 5.74) is 2.11. The molecule has 0 aromatic heterocycles. The van der Waals surface area contributed by atoms with Crippen LogP contribution >= 0.6 is 0 Å². The van der Waals surface area contributed by atoms with Crippen LogP contribution in [0.1, 0.15) is 18.6 Å². The minimum absolute atomic E-state index is 0.452. The third kappa shape index (κ3) is 3.11. The third-order valence-corrected chi connectivity index (χ3v) is 3.08. The molecule has 0 saturated carbocycles. The molecule has 0 amide bonds. The summed E-state index contributed by atoms with van der Waals surface area (Å²) in [5.74, 6) is 0. The van der Waals surface area contributed by atoms with Crippen LogP contribution in [0.15, 0.2) is 60.7 Å². The van der Waals surface area contributed by atoms with Gasteiger partial charge in [0.15, 0.2) is 0 Å². The van der Waals surface area contributed by atoms with Crippen LogP contribution in [0.4, 0.5) is 5.69 Å². The Kier molecular flexibility index (Phi) is 4.37. The van der Waals surface area contributed by atoms with Gasteiger partial charge in [-0.15, -0.1) is 0 Å². The number of para-hydroxylation sites is 1. The molecule has 0 radical (unpaired) electrons. The zero-order valence-corrected chi connectivity index (χ0v) is 10.7. The lowest BCUT2D eigenvalue weighted by molar-refractivity contribution is 0.183. The number of nitrogens with zero attached hydrogens (tertiary/aromatic N) is 1. The van der Waals surface area contributed by atoms with Crippen LogP contribution < -0.4 is 4.90 Å². The van der Waals surface area contributed by atoms with Crippen LogP contribution in [0.3, 0.4) is 0 Å². The van der Waals surface area contributed by atoms with Gasteiger partial charge in [0.1, 0.15) is 0 Å². The molecule has 1 atom stereocenters. The Morgan fingerprint density at radius 2 is 1.50 bits per heavy atom. The lowest BCUT2D eigenvalue weighted by atomic mass is 10.1. The van der Waals surface area contributed by atoms with Gasteiger partial charge < -0.3 is 10.0 Å². The van der Waals surface area contributed by atoms with Crippen molar-refractivity contribution in [1.82, 2.24) is 0 Å². The van der Waals surface area contributed by atoms with E-state index in [-0.39, 0.29) is 0 Å². The Labute approximate surface area is 109 Å². The summed E-state index contributed by atoms with van der Waals surface area (Å²) in [7, 11) is 0. The van der Waals surface area contributed by atoms with Gasteiger partial charge in [0.2, 0.25) is 0 Å². The number of anilines is 1. The molecule has 0 aliphatic carbocycles. The SMILES string of the molecule is CCN(C[C@@H](O)c1ccccc1)c1ccccc1. The molecular weight excluding hydrogens is 222 g/mol. The first-order chi connectivity index (χ1) is 8.81. The number of aliphatic hydroxyl groups excluding tert-OH is 1. The highest BCUT2D eigenvalue weighted by molar-refractivity contribution is 5.46. The van der Waals surface area contributed by atoms with E-state index in [0.29, 0.717) is 6.54 Å². The first-order valence-electron chi connectivity index (χ1n) is 6.34. The summed E-state index contributed by atoms with van der Waals surface area (Å²) >= 11 is 0. The number of hydrogen-bond acceptors (Lipinski definition) is 2. The summed E-state index contributed by atoms with van der Waals surface area (Å²) in [4.78, 5) is 2.18. The van der Waals surface area contributed by atoms with E-state index in [1.165, 1.54) is 0 Å². The first-order valence-corrected chi connectivity index (χ1v) is 6.34. The largest absolute Gasteiger partial charge is 0.387 e. The molecule has 0 heterocycles. The van der Waals surface area contributed by atoms with Crippen LogP contribution in [0.5, 0.6) is 0 Å². The van der Waals surface area contributed by atoms with Crippen LogP contribution in [0, 0.1) is 0 Å². The van der Waals surface area contributed by atoms with Crippen LogP contribution in [-0.4, -0.2) is 18.2 Å². The second-order valence-corrected chi connectivity index (χ2v) is 4.30. The molecule has 2 nitrogen and oxygen atoms in total. The highest BCUT2D eigenvalue weighted by atomic mass is 16.3. The van der Waals surface area contributed by atoms with Crippen molar-refractivity contribution in [1.29, 1.82) is 0 Å². The predicted octanol–water partition coefficient (Wildman–Crippen LogP) is 3.25. The molecule has 0 bridgehead atoms. The molecule has 1 N–H and O–H groups in total. The van der Waals surface area contributed by atoms with E-state index < -0.39 is 6.10 Å². The molecule has 0 fully saturated rings. The van der Waals surface area contributed by atoms with Crippen molar-refractivity contribution in [2.75, 3.05) is 18.0 Å². The summed E-state index contributed by atoms with van der Waals surface area (Å²) in [6, 6.07) is 20.0. The maximum absolute atomic E-state index is 10.2. The lowest BCUT2D eigenvalue weighted by Gasteiger charge is -2.26. The molecular formula is C16H19NO. The van der Waals surface area contributed by atoms with E-state index in [1.807, 2.05) is 48.5 Å². The average molecular weight is 241 g/mol. The summed E-state index contributed by atoms with van der Waals surface area (Å²) < 4.78 is 0. The Balaban J connectivity index is 2.07. The van der Waals surface area contributed by atoms with Gasteiger partial charge in [-0.1, -0.05) is 48.5 Å². The fourth-order valence-corrected chi connectivity index (χ4v) is 2.05. The Hall–Kier alpha value is -1.80. The molecule has 2 aromatic carbocycles. The lowest BCUT2D eigenvalue weighted by Crippen LogP contribution is -2.28. The molecule has 18 heavy (non-hydrogen) atoms. The Morgan fingerprint density at radius 3 is 2.06 bits per heavy atom. The van der Waals surface area contributed by atoms with Crippen molar-refractivity contribution in [3.63, 3.8) is 0 Å². The minimum Gasteiger partial charge on any atom is -0.387 e. The molecule has 2 rings (SSSR count). The second kappa shape index (κ2) is 6.22. The smallest absolute Gasteiger partial charge is 0.0964 e. The van der Waals surface area contributed by atoms with Crippen molar-refractivity contribution < 1.29 is 5.11 Å². The Bertz CT molecular complexity index is 455. The third-order valence-electron chi connectivity index (χ3n) is 3.08. The van der Waals surface area contributed by atoms with E-state index in [4.69, 9.17) is 0 Å². The number of aliphatic hydroxyl groups is 1. The van der Waals surface area contributed by atoms with Crippen molar-refractivity contribution >= 4 is 5.69 Å². The summed E-state index contributed by atoms with van der Waals surface area (Å²) in [6.45, 7) is 3.60. The second-order valence-electron chi connectivity index (χ2n) is 4.30. The fraction of sp³-hybridized carbons (Fsp3) is 0.250. The van der Waals surface area contributed by atoms with Gasteiger partial charge in [-0.3, -0.25) is 0 Å². The molecule has 2 aromatic rings. The molecule has 94 valence electrons. The quantitative estimate of drug-likeness (QED) is 0.868. The number of benzene rings is 2. The standard InChI is InChI=1S/C16H19NO/c1-2-17(15-11-7-4-8-12-15)13-16(18)14-9-5-3-6-10-14/h3-12,16,18H,2,13H2,1H3/t16-/m1/s1. The van der Waals surface area contributed by atoms with E-state index in [9.17, 15) is 5.11 Å². The normalized spacial score (nSPS) is 12.1. The zero-order chi connectivity index (χ0) is 12.8. The van der Waals surface area contributed by atoms with Gasteiger partial charge in [-0.2, -0.15) is 0 Å². The zero-order valence-electron chi connectivity index (χ0n) is 10.7. The van der Waals surface area contributed by atoms with E-state index in [1.54, 1.807) is 0 Å². The van der Waals surface area contributed by atoms with Gasteiger partial charge in [-0.05, 0) is 24.6 Å². The van der Waals surface area contributed by atoms with E-state index >= 15 is 0 Å². The van der Waals surface area contributed by atoms with Gasteiger partial charge in [0, 0.05) is 18.8 Å². The van der Waals surface area contributed by atoms with E-state index in [0.717, 1.165) is 17.8 Å². The van der Waals surface area contributed by atoms with Crippen molar-refractivity contribution in [2.24, 2.45) is 0 Å². The van der Waals surface area contributed by atoms with Gasteiger partial charge >= 0.3 is 0 Å². The fourth-order valence-electron chi connectivity index (χ4n) is 2.05. The molecule has 0 unspecified atom stereocenters. The van der Waals surface area contributed by atoms with Gasteiger partial charge in [0.05, 0.1) is 6.10 Å². The highest BCUT2D eigenvalue weighted by Gasteiger charge is 2.12. The monoisotopic (exact) mass is 241 g/mol. The average Bonchev–Trinajstić information content (AvgIpc) is 2.46. The molecule has 0 aliphatic heterocycles. The summed E-state index contributed by atoms with van der Waals surface area (Å²) in [6.07, 6.45) is -0.452. The first kappa shape index (κ1) is 12.7. The van der Waals surface area contributed by atoms with Crippen LogP contribution in [-0.2, 0) is 0 Å². The highest BCUT2D eigenvalue weighted by Crippen LogP contribution is 2.19. The van der Waals surface area contributed by atoms with Crippen molar-refractivity contribution in [2.45, 2.75) is 13.0 Å². The minimum atomic E-state index is -0.452. The molecule has 0 spiro atoms. The number of hydrogen-bond donors (Lipinski definition) is 1. The Morgan fingerprint density at radius 1 is 0.944 bits per heavy atom. The van der Waals surface area contributed by atoms with Crippen molar-refractivity contribution in [3.8, 4) is 0 Å². The summed E-state index contributed by atoms with van der Waals surface area (Å²) in [5, 5.41) is 10.2. The predicted molar refractivity (Wildman–Crippen MR) is 75.7 cm³/mol. The maximum Gasteiger partial charge on any atom is 0.0964 e. The topological polar surface area (TPSA) is 23.5 Å². The number of rotatable bonds is 5. The van der Waals surface area contributed by atoms with Gasteiger partial charge in [0.25, 0.3) is 0 Å². The molecule has 0 saturated heterocycles. The maximum atomic E-state index is 10.2. The van der Waals surface area contributed by atoms with Crippen LogP contribution in [0.25, 0.3) is 0 Å². The number of likely N-dealkylation sites (N-methyl/N-ethyl adjacent to an activating group) is 1. The molecule has 0 aliphatic rings. The van der Waals surface area contributed by atoms with Gasteiger partial charge in [-0.25, -0.2) is 0 Å².